The van der Waals surface area contributed by atoms with Crippen LogP contribution < -0.4 is 10.7 Å². The third-order valence-electron chi connectivity index (χ3n) is 5.04. The standard InChI is InChI=1S/C24H17F3N4O2/c1-15-21(18-3-2-4-19(11-18)24(25,26)27)22(32)20(23(33)30-10-9-28)14-31(15)13-17-7-5-16(12-29)6-8-17/h2-8,11,14H,10,13H2,1H3,(H,30,33). The first kappa shape index (κ1) is 23.3. The van der Waals surface area contributed by atoms with E-state index in [1.54, 1.807) is 41.8 Å². The Morgan fingerprint density at radius 2 is 1.82 bits per heavy atom. The number of nitriles is 2. The van der Waals surface area contributed by atoms with Gasteiger partial charge in [0.2, 0.25) is 5.43 Å². The van der Waals surface area contributed by atoms with Crippen molar-refractivity contribution in [2.24, 2.45) is 0 Å². The summed E-state index contributed by atoms with van der Waals surface area (Å²) in [5, 5.41) is 20.0. The van der Waals surface area contributed by atoms with Gasteiger partial charge in [-0.1, -0.05) is 24.3 Å². The molecular weight excluding hydrogens is 433 g/mol. The van der Waals surface area contributed by atoms with Gasteiger partial charge in [0.15, 0.2) is 0 Å². The molecule has 0 aliphatic heterocycles. The quantitative estimate of drug-likeness (QED) is 0.594. The minimum Gasteiger partial charge on any atom is -0.346 e. The third kappa shape index (κ3) is 5.10. The molecule has 1 N–H and O–H groups in total. The molecule has 3 aromatic rings. The van der Waals surface area contributed by atoms with Crippen LogP contribution in [-0.4, -0.2) is 17.0 Å². The highest BCUT2D eigenvalue weighted by Gasteiger charge is 2.31. The molecule has 0 fully saturated rings. The summed E-state index contributed by atoms with van der Waals surface area (Å²) in [4.78, 5) is 25.7. The number of nitrogens with zero attached hydrogens (tertiary/aromatic N) is 3. The summed E-state index contributed by atoms with van der Waals surface area (Å²) < 4.78 is 41.4. The summed E-state index contributed by atoms with van der Waals surface area (Å²) in [5.41, 5.74) is -0.404. The largest absolute Gasteiger partial charge is 0.416 e. The van der Waals surface area contributed by atoms with Crippen molar-refractivity contribution in [3.8, 4) is 23.3 Å². The van der Waals surface area contributed by atoms with E-state index in [-0.39, 0.29) is 29.8 Å². The molecule has 1 heterocycles. The number of halogens is 3. The SMILES string of the molecule is Cc1c(-c2cccc(C(F)(F)F)c2)c(=O)c(C(=O)NCC#N)cn1Cc1ccc(C#N)cc1. The van der Waals surface area contributed by atoms with E-state index in [9.17, 15) is 22.8 Å². The van der Waals surface area contributed by atoms with Crippen LogP contribution in [0.3, 0.4) is 0 Å². The molecule has 0 atom stereocenters. The first-order valence-corrected chi connectivity index (χ1v) is 9.71. The molecule has 0 radical (unpaired) electrons. The smallest absolute Gasteiger partial charge is 0.346 e. The van der Waals surface area contributed by atoms with Crippen LogP contribution in [0.1, 0.15) is 32.7 Å². The number of hydrogen-bond acceptors (Lipinski definition) is 4. The zero-order valence-corrected chi connectivity index (χ0v) is 17.4. The summed E-state index contributed by atoms with van der Waals surface area (Å²) in [5.74, 6) is -0.802. The van der Waals surface area contributed by atoms with Crippen molar-refractivity contribution in [3.63, 3.8) is 0 Å². The summed E-state index contributed by atoms with van der Waals surface area (Å²) in [6.07, 6.45) is -3.28. The molecule has 33 heavy (non-hydrogen) atoms. The second-order valence-electron chi connectivity index (χ2n) is 7.19. The predicted octanol–water partition coefficient (Wildman–Crippen LogP) is 4.02. The van der Waals surface area contributed by atoms with Crippen molar-refractivity contribution in [1.82, 2.24) is 9.88 Å². The van der Waals surface area contributed by atoms with E-state index in [0.29, 0.717) is 11.3 Å². The maximum absolute atomic E-state index is 13.3. The molecule has 0 saturated heterocycles. The molecule has 0 unspecified atom stereocenters. The lowest BCUT2D eigenvalue weighted by atomic mass is 9.98. The molecule has 0 saturated carbocycles. The molecule has 0 bridgehead atoms. The highest BCUT2D eigenvalue weighted by Crippen LogP contribution is 2.32. The Bertz CT molecular complexity index is 1340. The number of aromatic nitrogens is 1. The molecule has 1 aromatic heterocycles. The van der Waals surface area contributed by atoms with E-state index in [0.717, 1.165) is 17.7 Å². The van der Waals surface area contributed by atoms with E-state index >= 15 is 0 Å². The van der Waals surface area contributed by atoms with Crippen LogP contribution in [0.2, 0.25) is 0 Å². The molecule has 3 rings (SSSR count). The summed E-state index contributed by atoms with van der Waals surface area (Å²) >= 11 is 0. The van der Waals surface area contributed by atoms with Crippen LogP contribution in [0.4, 0.5) is 13.2 Å². The van der Waals surface area contributed by atoms with Crippen LogP contribution in [-0.2, 0) is 12.7 Å². The lowest BCUT2D eigenvalue weighted by molar-refractivity contribution is -0.137. The highest BCUT2D eigenvalue weighted by atomic mass is 19.4. The van der Waals surface area contributed by atoms with Crippen LogP contribution in [0, 0.1) is 29.6 Å². The summed E-state index contributed by atoms with van der Waals surface area (Å²) in [6.45, 7) is 1.45. The van der Waals surface area contributed by atoms with Gasteiger partial charge in [0.05, 0.1) is 23.3 Å². The molecule has 1 amide bonds. The van der Waals surface area contributed by atoms with Crippen LogP contribution in [0.25, 0.3) is 11.1 Å². The van der Waals surface area contributed by atoms with Gasteiger partial charge in [0, 0.05) is 24.0 Å². The molecular formula is C24H17F3N4O2. The second-order valence-corrected chi connectivity index (χ2v) is 7.19. The maximum atomic E-state index is 13.3. The Hall–Kier alpha value is -4.37. The first-order valence-electron chi connectivity index (χ1n) is 9.71. The highest BCUT2D eigenvalue weighted by molar-refractivity contribution is 5.95. The fourth-order valence-corrected chi connectivity index (χ4v) is 3.37. The van der Waals surface area contributed by atoms with Crippen LogP contribution in [0.15, 0.2) is 59.5 Å². The van der Waals surface area contributed by atoms with E-state index < -0.39 is 23.1 Å². The van der Waals surface area contributed by atoms with E-state index in [1.807, 2.05) is 6.07 Å². The fraction of sp³-hybridized carbons (Fsp3) is 0.167. The van der Waals surface area contributed by atoms with Gasteiger partial charge < -0.3 is 9.88 Å². The zero-order chi connectivity index (χ0) is 24.2. The molecule has 0 spiro atoms. The topological polar surface area (TPSA) is 98.7 Å². The minimum atomic E-state index is -4.60. The van der Waals surface area contributed by atoms with Gasteiger partial charge in [-0.15, -0.1) is 0 Å². The summed E-state index contributed by atoms with van der Waals surface area (Å²) in [7, 11) is 0. The van der Waals surface area contributed by atoms with Gasteiger partial charge in [-0.2, -0.15) is 23.7 Å². The fourth-order valence-electron chi connectivity index (χ4n) is 3.37. The normalized spacial score (nSPS) is 10.8. The van der Waals surface area contributed by atoms with Crippen molar-refractivity contribution in [2.75, 3.05) is 6.54 Å². The monoisotopic (exact) mass is 450 g/mol. The zero-order valence-electron chi connectivity index (χ0n) is 17.4. The number of carbonyl (C=O) groups is 1. The Morgan fingerprint density at radius 1 is 1.12 bits per heavy atom. The van der Waals surface area contributed by atoms with Gasteiger partial charge in [-0.05, 0) is 42.3 Å². The number of hydrogen-bond donors (Lipinski definition) is 1. The number of nitrogens with one attached hydrogen (secondary N) is 1. The molecule has 6 nitrogen and oxygen atoms in total. The third-order valence-corrected chi connectivity index (χ3v) is 5.04. The van der Waals surface area contributed by atoms with Gasteiger partial charge in [0.25, 0.3) is 5.91 Å². The Labute approximate surface area is 187 Å². The second kappa shape index (κ2) is 9.41. The van der Waals surface area contributed by atoms with Crippen molar-refractivity contribution < 1.29 is 18.0 Å². The van der Waals surface area contributed by atoms with Gasteiger partial charge in [0.1, 0.15) is 12.1 Å². The number of amides is 1. The molecule has 0 aliphatic rings. The molecule has 166 valence electrons. The maximum Gasteiger partial charge on any atom is 0.416 e. The van der Waals surface area contributed by atoms with Crippen molar-refractivity contribution in [2.45, 2.75) is 19.6 Å². The minimum absolute atomic E-state index is 0.0239. The van der Waals surface area contributed by atoms with E-state index in [1.165, 1.54) is 18.3 Å². The number of pyridine rings is 1. The first-order chi connectivity index (χ1) is 15.7. The van der Waals surface area contributed by atoms with Crippen LogP contribution >= 0.6 is 0 Å². The van der Waals surface area contributed by atoms with Crippen molar-refractivity contribution >= 4 is 5.91 Å². The molecule has 2 aromatic carbocycles. The lowest BCUT2D eigenvalue weighted by Gasteiger charge is -2.18. The number of alkyl halides is 3. The van der Waals surface area contributed by atoms with Crippen molar-refractivity contribution in [3.05, 3.63) is 92.9 Å². The number of carbonyl (C=O) groups excluding carboxylic acids is 1. The predicted molar refractivity (Wildman–Crippen MR) is 114 cm³/mol. The van der Waals surface area contributed by atoms with Crippen molar-refractivity contribution in [1.29, 1.82) is 10.5 Å². The average Bonchev–Trinajstić information content (AvgIpc) is 2.79. The summed E-state index contributed by atoms with van der Waals surface area (Å²) in [6, 6.07) is 14.7. The van der Waals surface area contributed by atoms with Gasteiger partial charge >= 0.3 is 6.18 Å². The van der Waals surface area contributed by atoms with Crippen LogP contribution in [0.5, 0.6) is 0 Å². The molecule has 9 heteroatoms. The van der Waals surface area contributed by atoms with E-state index in [2.05, 4.69) is 5.32 Å². The van der Waals surface area contributed by atoms with Gasteiger partial charge in [-0.25, -0.2) is 0 Å². The molecule has 0 aliphatic carbocycles. The number of rotatable bonds is 5. The average molecular weight is 450 g/mol. The Morgan fingerprint density at radius 3 is 2.42 bits per heavy atom. The Balaban J connectivity index is 2.20. The van der Waals surface area contributed by atoms with E-state index in [4.69, 9.17) is 10.5 Å². The van der Waals surface area contributed by atoms with Gasteiger partial charge in [-0.3, -0.25) is 9.59 Å². The Kier molecular flexibility index (Phi) is 6.64. The number of benzene rings is 2. The lowest BCUT2D eigenvalue weighted by Crippen LogP contribution is -2.31.